The molecule has 3 rings (SSSR count). The predicted molar refractivity (Wildman–Crippen MR) is 77.2 cm³/mol. The molecule has 1 aromatic carbocycles. The number of hydrogen-bond donors (Lipinski definition) is 1. The Morgan fingerprint density at radius 3 is 2.53 bits per heavy atom. The van der Waals surface area contributed by atoms with E-state index in [0.717, 1.165) is 24.8 Å². The minimum absolute atomic E-state index is 0.172. The standard InChI is InChI=1S/C17H23NO/c18-11-13-7-4-10-15(13)17(19)16-9-2-1-8-14(16)12-5-3-6-12/h1-2,8-9,12-13,15H,3-7,10-11,18H2. The number of hydrogen-bond acceptors (Lipinski definition) is 2. The molecule has 2 nitrogen and oxygen atoms in total. The zero-order chi connectivity index (χ0) is 13.2. The summed E-state index contributed by atoms with van der Waals surface area (Å²) in [6.45, 7) is 0.655. The Kier molecular flexibility index (Phi) is 3.69. The fraction of sp³-hybridized carbons (Fsp3) is 0.588. The van der Waals surface area contributed by atoms with Crippen molar-refractivity contribution in [3.05, 3.63) is 35.4 Å². The SMILES string of the molecule is NCC1CCCC1C(=O)c1ccccc1C1CCC1. The van der Waals surface area contributed by atoms with E-state index in [1.54, 1.807) is 0 Å². The van der Waals surface area contributed by atoms with Crippen LogP contribution in [0.4, 0.5) is 0 Å². The molecule has 0 spiro atoms. The Balaban J connectivity index is 1.86. The summed E-state index contributed by atoms with van der Waals surface area (Å²) in [6, 6.07) is 8.26. The maximum Gasteiger partial charge on any atom is 0.166 e. The van der Waals surface area contributed by atoms with Crippen LogP contribution in [0, 0.1) is 11.8 Å². The van der Waals surface area contributed by atoms with E-state index in [2.05, 4.69) is 12.1 Å². The molecule has 2 saturated carbocycles. The van der Waals surface area contributed by atoms with Crippen LogP contribution in [0.2, 0.25) is 0 Å². The Morgan fingerprint density at radius 2 is 1.84 bits per heavy atom. The third-order valence-electron chi connectivity index (χ3n) is 5.07. The van der Waals surface area contributed by atoms with Crippen LogP contribution in [-0.2, 0) is 0 Å². The molecule has 0 bridgehead atoms. The van der Waals surface area contributed by atoms with Gasteiger partial charge < -0.3 is 5.73 Å². The molecule has 0 saturated heterocycles. The second-order valence-corrected chi connectivity index (χ2v) is 6.11. The zero-order valence-corrected chi connectivity index (χ0v) is 11.5. The van der Waals surface area contributed by atoms with E-state index >= 15 is 0 Å². The minimum Gasteiger partial charge on any atom is -0.330 e. The molecule has 2 aliphatic carbocycles. The maximum absolute atomic E-state index is 12.8. The van der Waals surface area contributed by atoms with Crippen molar-refractivity contribution >= 4 is 5.78 Å². The summed E-state index contributed by atoms with van der Waals surface area (Å²) in [5.74, 6) is 1.56. The first-order valence-corrected chi connectivity index (χ1v) is 7.64. The summed E-state index contributed by atoms with van der Waals surface area (Å²) in [4.78, 5) is 12.8. The molecule has 0 aliphatic heterocycles. The first-order chi connectivity index (χ1) is 9.31. The van der Waals surface area contributed by atoms with Gasteiger partial charge >= 0.3 is 0 Å². The minimum atomic E-state index is 0.172. The number of ketones is 1. The highest BCUT2D eigenvalue weighted by Crippen LogP contribution is 2.40. The van der Waals surface area contributed by atoms with Gasteiger partial charge in [0.2, 0.25) is 0 Å². The van der Waals surface area contributed by atoms with Gasteiger partial charge in [-0.05, 0) is 49.6 Å². The Hall–Kier alpha value is -1.15. The highest BCUT2D eigenvalue weighted by atomic mass is 16.1. The average molecular weight is 257 g/mol. The van der Waals surface area contributed by atoms with Gasteiger partial charge in [0, 0.05) is 11.5 Å². The highest BCUT2D eigenvalue weighted by Gasteiger charge is 2.34. The molecular weight excluding hydrogens is 234 g/mol. The largest absolute Gasteiger partial charge is 0.330 e. The lowest BCUT2D eigenvalue weighted by atomic mass is 9.76. The van der Waals surface area contributed by atoms with E-state index in [9.17, 15) is 4.79 Å². The van der Waals surface area contributed by atoms with Crippen molar-refractivity contribution in [1.29, 1.82) is 0 Å². The topological polar surface area (TPSA) is 43.1 Å². The van der Waals surface area contributed by atoms with E-state index < -0.39 is 0 Å². The van der Waals surface area contributed by atoms with Crippen LogP contribution in [0.3, 0.4) is 0 Å². The van der Waals surface area contributed by atoms with Gasteiger partial charge in [0.15, 0.2) is 5.78 Å². The van der Waals surface area contributed by atoms with Crippen LogP contribution in [0.25, 0.3) is 0 Å². The summed E-state index contributed by atoms with van der Waals surface area (Å²) in [5, 5.41) is 0. The van der Waals surface area contributed by atoms with E-state index in [1.807, 2.05) is 12.1 Å². The molecule has 2 fully saturated rings. The number of benzene rings is 1. The molecule has 102 valence electrons. The molecule has 2 unspecified atom stereocenters. The summed E-state index contributed by atoms with van der Waals surface area (Å²) >= 11 is 0. The lowest BCUT2D eigenvalue weighted by Gasteiger charge is -2.28. The summed E-state index contributed by atoms with van der Waals surface area (Å²) in [6.07, 6.45) is 7.11. The lowest BCUT2D eigenvalue weighted by molar-refractivity contribution is 0.0891. The quantitative estimate of drug-likeness (QED) is 0.839. The van der Waals surface area contributed by atoms with Crippen molar-refractivity contribution in [2.45, 2.75) is 44.4 Å². The smallest absolute Gasteiger partial charge is 0.166 e. The van der Waals surface area contributed by atoms with Crippen LogP contribution < -0.4 is 5.73 Å². The van der Waals surface area contributed by atoms with Crippen LogP contribution in [-0.4, -0.2) is 12.3 Å². The number of nitrogens with two attached hydrogens (primary N) is 1. The molecule has 0 amide bonds. The molecule has 19 heavy (non-hydrogen) atoms. The Bertz CT molecular complexity index is 464. The number of carbonyl (C=O) groups excluding carboxylic acids is 1. The summed E-state index contributed by atoms with van der Waals surface area (Å²) < 4.78 is 0. The first-order valence-electron chi connectivity index (χ1n) is 7.64. The van der Waals surface area contributed by atoms with Crippen molar-refractivity contribution in [3.8, 4) is 0 Å². The highest BCUT2D eigenvalue weighted by molar-refractivity contribution is 5.99. The molecule has 0 aromatic heterocycles. The van der Waals surface area contributed by atoms with Crippen LogP contribution >= 0.6 is 0 Å². The molecule has 2 heteroatoms. The van der Waals surface area contributed by atoms with Crippen LogP contribution in [0.5, 0.6) is 0 Å². The van der Waals surface area contributed by atoms with Gasteiger partial charge in [-0.3, -0.25) is 4.79 Å². The van der Waals surface area contributed by atoms with Crippen molar-refractivity contribution in [1.82, 2.24) is 0 Å². The normalized spacial score (nSPS) is 27.2. The molecule has 2 aliphatic rings. The third kappa shape index (κ3) is 2.34. The first kappa shape index (κ1) is 12.9. The van der Waals surface area contributed by atoms with Crippen LogP contribution in [0.1, 0.15) is 60.4 Å². The fourth-order valence-electron chi connectivity index (χ4n) is 3.66. The van der Waals surface area contributed by atoms with E-state index in [1.165, 1.54) is 24.8 Å². The Morgan fingerprint density at radius 1 is 1.11 bits per heavy atom. The number of carbonyl (C=O) groups is 1. The van der Waals surface area contributed by atoms with Crippen molar-refractivity contribution < 1.29 is 4.79 Å². The van der Waals surface area contributed by atoms with Gasteiger partial charge in [0.1, 0.15) is 0 Å². The molecule has 0 heterocycles. The predicted octanol–water partition coefficient (Wildman–Crippen LogP) is 3.51. The molecule has 0 radical (unpaired) electrons. The van der Waals surface area contributed by atoms with Crippen molar-refractivity contribution in [3.63, 3.8) is 0 Å². The molecular formula is C17H23NO. The summed E-state index contributed by atoms with van der Waals surface area (Å²) in [7, 11) is 0. The third-order valence-corrected chi connectivity index (χ3v) is 5.07. The summed E-state index contributed by atoms with van der Waals surface area (Å²) in [5.41, 5.74) is 8.10. The van der Waals surface area contributed by atoms with E-state index in [-0.39, 0.29) is 5.92 Å². The average Bonchev–Trinajstić information content (AvgIpc) is 2.85. The Labute approximate surface area is 115 Å². The van der Waals surface area contributed by atoms with Crippen molar-refractivity contribution in [2.75, 3.05) is 6.54 Å². The van der Waals surface area contributed by atoms with Gasteiger partial charge in [-0.2, -0.15) is 0 Å². The molecule has 1 aromatic rings. The van der Waals surface area contributed by atoms with E-state index in [4.69, 9.17) is 5.73 Å². The monoisotopic (exact) mass is 257 g/mol. The number of Topliss-reactive ketones (excluding diaryl/α,β-unsaturated/α-hetero) is 1. The van der Waals surface area contributed by atoms with Crippen LogP contribution in [0.15, 0.2) is 24.3 Å². The second-order valence-electron chi connectivity index (χ2n) is 6.11. The van der Waals surface area contributed by atoms with E-state index in [0.29, 0.717) is 24.2 Å². The maximum atomic E-state index is 12.8. The van der Waals surface area contributed by atoms with Gasteiger partial charge in [-0.1, -0.05) is 37.1 Å². The lowest BCUT2D eigenvalue weighted by Crippen LogP contribution is -2.26. The second kappa shape index (κ2) is 5.46. The zero-order valence-electron chi connectivity index (χ0n) is 11.5. The fourth-order valence-corrected chi connectivity index (χ4v) is 3.66. The molecule has 2 N–H and O–H groups in total. The molecule has 2 atom stereocenters. The van der Waals surface area contributed by atoms with Crippen molar-refractivity contribution in [2.24, 2.45) is 17.6 Å². The van der Waals surface area contributed by atoms with Gasteiger partial charge in [-0.15, -0.1) is 0 Å². The van der Waals surface area contributed by atoms with Gasteiger partial charge in [0.25, 0.3) is 0 Å². The number of rotatable bonds is 4. The van der Waals surface area contributed by atoms with Gasteiger partial charge in [0.05, 0.1) is 0 Å². The van der Waals surface area contributed by atoms with Gasteiger partial charge in [-0.25, -0.2) is 0 Å².